The molecule has 26 heavy (non-hydrogen) atoms. The number of nitrogens with zero attached hydrogens (tertiary/aromatic N) is 2. The first kappa shape index (κ1) is 15.9. The quantitative estimate of drug-likeness (QED) is 0.901. The van der Waals surface area contributed by atoms with Gasteiger partial charge in [-0.25, -0.2) is 0 Å². The number of carbonyl (C=O) groups is 1. The third-order valence-electron chi connectivity index (χ3n) is 6.41. The van der Waals surface area contributed by atoms with E-state index in [1.54, 1.807) is 0 Å². The van der Waals surface area contributed by atoms with E-state index in [2.05, 4.69) is 35.0 Å². The maximum Gasteiger partial charge on any atom is 0.225 e. The van der Waals surface area contributed by atoms with E-state index in [0.29, 0.717) is 11.8 Å². The van der Waals surface area contributed by atoms with Gasteiger partial charge < -0.3 is 9.64 Å². The van der Waals surface area contributed by atoms with Crippen LogP contribution < -0.4 is 4.74 Å². The summed E-state index contributed by atoms with van der Waals surface area (Å²) in [6.45, 7) is 5.84. The highest BCUT2D eigenvalue weighted by molar-refractivity contribution is 5.82. The van der Waals surface area contributed by atoms with Crippen molar-refractivity contribution in [3.63, 3.8) is 0 Å². The Morgan fingerprint density at radius 1 is 1.35 bits per heavy atom. The summed E-state index contributed by atoms with van der Waals surface area (Å²) in [5.74, 6) is 2.06. The first-order chi connectivity index (χ1) is 12.6. The number of hydrogen-bond donors (Lipinski definition) is 1. The topological polar surface area (TPSA) is 58.2 Å². The molecule has 1 N–H and O–H groups in total. The second-order valence-electron chi connectivity index (χ2n) is 8.02. The highest BCUT2D eigenvalue weighted by Crippen LogP contribution is 2.50. The second-order valence-corrected chi connectivity index (χ2v) is 8.02. The first-order valence-electron chi connectivity index (χ1n) is 9.78. The molecule has 5 rings (SSSR count). The Hall–Kier alpha value is -2.30. The Kier molecular flexibility index (Phi) is 3.43. The molecule has 2 aromatic rings. The molecule has 2 aliphatic heterocycles. The zero-order valence-electron chi connectivity index (χ0n) is 15.4. The number of ether oxygens (including phenoxy) is 1. The average Bonchev–Trinajstić information content (AvgIpc) is 3.23. The number of H-pyrrole nitrogens is 1. The van der Waals surface area contributed by atoms with Gasteiger partial charge in [-0.05, 0) is 30.9 Å². The summed E-state index contributed by atoms with van der Waals surface area (Å²) in [5, 5.41) is 7.87. The number of para-hydroxylation sites is 1. The van der Waals surface area contributed by atoms with Gasteiger partial charge in [-0.3, -0.25) is 9.89 Å². The smallest absolute Gasteiger partial charge is 0.225 e. The van der Waals surface area contributed by atoms with Crippen molar-refractivity contribution in [2.75, 3.05) is 13.1 Å². The SMILES string of the molecule is CCc1[nH]nc2c1C1(CCN(C(=O)[C@H]3C[C@@H]3C)CC1)Oc1ccccc1-2. The second kappa shape index (κ2) is 5.60. The summed E-state index contributed by atoms with van der Waals surface area (Å²) in [6.07, 6.45) is 3.61. The number of carbonyl (C=O) groups excluding carboxylic acids is 1. The highest BCUT2D eigenvalue weighted by atomic mass is 16.5. The zero-order chi connectivity index (χ0) is 17.9. The number of aryl methyl sites for hydroxylation is 1. The van der Waals surface area contributed by atoms with Gasteiger partial charge in [0.2, 0.25) is 5.91 Å². The molecule has 1 aromatic carbocycles. The Bertz CT molecular complexity index is 864. The number of hydrogen-bond acceptors (Lipinski definition) is 3. The minimum Gasteiger partial charge on any atom is -0.482 e. The predicted molar refractivity (Wildman–Crippen MR) is 98.8 cm³/mol. The fraction of sp³-hybridized carbons (Fsp3) is 0.524. The van der Waals surface area contributed by atoms with Crippen molar-refractivity contribution >= 4 is 5.91 Å². The molecule has 1 saturated heterocycles. The fourth-order valence-corrected chi connectivity index (χ4v) is 4.67. The van der Waals surface area contributed by atoms with Crippen LogP contribution in [0.25, 0.3) is 11.3 Å². The van der Waals surface area contributed by atoms with Gasteiger partial charge in [0.05, 0.1) is 0 Å². The van der Waals surface area contributed by atoms with E-state index in [4.69, 9.17) is 4.74 Å². The Morgan fingerprint density at radius 2 is 2.08 bits per heavy atom. The zero-order valence-corrected chi connectivity index (χ0v) is 15.4. The minimum absolute atomic E-state index is 0.257. The number of likely N-dealkylation sites (tertiary alicyclic amines) is 1. The molecule has 1 spiro atoms. The van der Waals surface area contributed by atoms with Gasteiger partial charge in [-0.2, -0.15) is 5.10 Å². The minimum atomic E-state index is -0.367. The summed E-state index contributed by atoms with van der Waals surface area (Å²) in [5.41, 5.74) is 4.10. The molecular weight excluding hydrogens is 326 g/mol. The van der Waals surface area contributed by atoms with E-state index in [9.17, 15) is 4.79 Å². The predicted octanol–water partition coefficient (Wildman–Crippen LogP) is 3.51. The van der Waals surface area contributed by atoms with Crippen LogP contribution in [0.2, 0.25) is 0 Å². The van der Waals surface area contributed by atoms with Crippen LogP contribution in [0.15, 0.2) is 24.3 Å². The molecule has 0 unspecified atom stereocenters. The van der Waals surface area contributed by atoms with Gasteiger partial charge >= 0.3 is 0 Å². The van der Waals surface area contributed by atoms with Gasteiger partial charge in [0.15, 0.2) is 0 Å². The van der Waals surface area contributed by atoms with Gasteiger partial charge in [0.1, 0.15) is 17.0 Å². The third kappa shape index (κ3) is 2.22. The van der Waals surface area contributed by atoms with Crippen molar-refractivity contribution in [1.82, 2.24) is 15.1 Å². The molecule has 1 aromatic heterocycles. The van der Waals surface area contributed by atoms with Crippen LogP contribution in [0.1, 0.15) is 44.4 Å². The molecule has 0 radical (unpaired) electrons. The lowest BCUT2D eigenvalue weighted by atomic mass is 9.79. The van der Waals surface area contributed by atoms with Crippen molar-refractivity contribution in [3.8, 4) is 17.0 Å². The van der Waals surface area contributed by atoms with E-state index in [1.807, 2.05) is 18.2 Å². The number of aromatic amines is 1. The van der Waals surface area contributed by atoms with E-state index >= 15 is 0 Å². The van der Waals surface area contributed by atoms with E-state index in [-0.39, 0.29) is 11.5 Å². The van der Waals surface area contributed by atoms with Crippen molar-refractivity contribution in [2.24, 2.45) is 11.8 Å². The first-order valence-corrected chi connectivity index (χ1v) is 9.78. The summed E-state index contributed by atoms with van der Waals surface area (Å²) in [6, 6.07) is 8.15. The Labute approximate surface area is 153 Å². The summed E-state index contributed by atoms with van der Waals surface area (Å²) in [4.78, 5) is 14.7. The Balaban J connectivity index is 1.48. The molecule has 1 aliphatic carbocycles. The summed E-state index contributed by atoms with van der Waals surface area (Å²) < 4.78 is 6.62. The van der Waals surface area contributed by atoms with E-state index < -0.39 is 0 Å². The number of amides is 1. The molecule has 1 saturated carbocycles. The van der Waals surface area contributed by atoms with Gasteiger partial charge in [0.25, 0.3) is 0 Å². The lowest BCUT2D eigenvalue weighted by Gasteiger charge is -2.44. The molecule has 2 fully saturated rings. The lowest BCUT2D eigenvalue weighted by molar-refractivity contribution is -0.136. The lowest BCUT2D eigenvalue weighted by Crippen LogP contribution is -2.49. The van der Waals surface area contributed by atoms with Crippen LogP contribution in [0, 0.1) is 11.8 Å². The van der Waals surface area contributed by atoms with E-state index in [0.717, 1.165) is 61.5 Å². The molecule has 136 valence electrons. The summed E-state index contributed by atoms with van der Waals surface area (Å²) in [7, 11) is 0. The van der Waals surface area contributed by atoms with Crippen molar-refractivity contribution in [1.29, 1.82) is 0 Å². The standard InChI is InChI=1S/C21H25N3O2/c1-3-16-18-19(23-22-16)14-6-4-5-7-17(14)26-21(18)8-10-24(11-9-21)20(25)15-12-13(15)2/h4-7,13,15H,3,8-12H2,1-2H3,(H,22,23)/t13-,15-/m0/s1. The van der Waals surface area contributed by atoms with Crippen LogP contribution in [-0.4, -0.2) is 34.1 Å². The van der Waals surface area contributed by atoms with Crippen LogP contribution >= 0.6 is 0 Å². The molecule has 2 atom stereocenters. The van der Waals surface area contributed by atoms with Crippen molar-refractivity contribution in [3.05, 3.63) is 35.5 Å². The molecule has 0 bridgehead atoms. The number of aromatic nitrogens is 2. The molecule has 3 heterocycles. The number of piperidine rings is 1. The van der Waals surface area contributed by atoms with Gasteiger partial charge in [-0.15, -0.1) is 0 Å². The van der Waals surface area contributed by atoms with Gasteiger partial charge in [0, 0.05) is 48.7 Å². The molecule has 5 nitrogen and oxygen atoms in total. The molecule has 1 amide bonds. The number of fused-ring (bicyclic) bond motifs is 4. The van der Waals surface area contributed by atoms with Crippen molar-refractivity contribution < 1.29 is 9.53 Å². The van der Waals surface area contributed by atoms with Crippen LogP contribution in [0.5, 0.6) is 5.75 Å². The average molecular weight is 351 g/mol. The maximum atomic E-state index is 12.6. The molecular formula is C21H25N3O2. The maximum absolute atomic E-state index is 12.6. The van der Waals surface area contributed by atoms with Crippen molar-refractivity contribution in [2.45, 2.75) is 45.1 Å². The summed E-state index contributed by atoms with van der Waals surface area (Å²) >= 11 is 0. The van der Waals surface area contributed by atoms with Crippen LogP contribution in [0.4, 0.5) is 0 Å². The number of benzene rings is 1. The molecule has 5 heteroatoms. The van der Waals surface area contributed by atoms with Crippen LogP contribution in [-0.2, 0) is 16.8 Å². The van der Waals surface area contributed by atoms with Crippen LogP contribution in [0.3, 0.4) is 0 Å². The van der Waals surface area contributed by atoms with E-state index in [1.165, 1.54) is 5.56 Å². The number of nitrogens with one attached hydrogen (secondary N) is 1. The monoisotopic (exact) mass is 351 g/mol. The third-order valence-corrected chi connectivity index (χ3v) is 6.41. The normalized spacial score (nSPS) is 25.4. The Morgan fingerprint density at radius 3 is 2.77 bits per heavy atom. The fourth-order valence-electron chi connectivity index (χ4n) is 4.67. The molecule has 3 aliphatic rings. The highest BCUT2D eigenvalue weighted by Gasteiger charge is 2.49. The number of rotatable bonds is 2. The van der Waals surface area contributed by atoms with Gasteiger partial charge in [-0.1, -0.05) is 26.0 Å². The largest absolute Gasteiger partial charge is 0.482 e.